The van der Waals surface area contributed by atoms with Crippen molar-refractivity contribution in [3.63, 3.8) is 0 Å². The van der Waals surface area contributed by atoms with Gasteiger partial charge >= 0.3 is 0 Å². The van der Waals surface area contributed by atoms with Crippen molar-refractivity contribution < 1.29 is 53.7 Å². The fourth-order valence-electron chi connectivity index (χ4n) is 14.0. The minimum atomic E-state index is -0.833. The molecule has 608 valence electrons. The first kappa shape index (κ1) is 90.3. The van der Waals surface area contributed by atoms with E-state index in [1.165, 1.54) is 16.7 Å². The van der Waals surface area contributed by atoms with E-state index in [0.29, 0.717) is 0 Å². The van der Waals surface area contributed by atoms with Gasteiger partial charge in [0.2, 0.25) is 47.3 Å². The molecule has 0 aliphatic carbocycles. The van der Waals surface area contributed by atoms with Gasteiger partial charge in [0.15, 0.2) is 0 Å². The first-order valence-electron chi connectivity index (χ1n) is 38.5. The van der Waals surface area contributed by atoms with Crippen LogP contribution in [-0.4, -0.2) is 172 Å². The highest BCUT2D eigenvalue weighted by molar-refractivity contribution is 7.14. The van der Waals surface area contributed by atoms with Crippen LogP contribution in [0.25, 0.3) is 31.3 Å². The molecular formula is C85H124N12O11S3. The summed E-state index contributed by atoms with van der Waals surface area (Å²) in [6.07, 6.45) is -0.975. The van der Waals surface area contributed by atoms with Gasteiger partial charge in [0.05, 0.1) is 90.7 Å². The number of nitrogens with one attached hydrogen (secondary N) is 6. The fourth-order valence-corrected chi connectivity index (χ4v) is 16.4. The Hall–Kier alpha value is -7.85. The lowest BCUT2D eigenvalue weighted by Crippen LogP contribution is -2.60. The van der Waals surface area contributed by atoms with Crippen LogP contribution >= 0.6 is 34.0 Å². The molecule has 0 bridgehead atoms. The third-order valence-corrected chi connectivity index (χ3v) is 23.0. The summed E-state index contributed by atoms with van der Waals surface area (Å²) in [7, 11) is 0. The molecular weight excluding hydrogens is 1460 g/mol. The predicted molar refractivity (Wildman–Crippen MR) is 442 cm³/mol. The summed E-state index contributed by atoms with van der Waals surface area (Å²) in [6.45, 7) is 48.6. The molecule has 3 aromatic heterocycles. The molecule has 3 aliphatic rings. The van der Waals surface area contributed by atoms with E-state index in [2.05, 4.69) is 85.8 Å². The van der Waals surface area contributed by atoms with Gasteiger partial charge in [0, 0.05) is 56.8 Å². The van der Waals surface area contributed by atoms with Gasteiger partial charge in [-0.2, -0.15) is 0 Å². The minimum absolute atomic E-state index is 0.0321. The smallest absolute Gasteiger partial charge is 0.246 e. The molecule has 3 saturated heterocycles. The van der Waals surface area contributed by atoms with Crippen molar-refractivity contribution in [3.8, 4) is 31.3 Å². The van der Waals surface area contributed by atoms with Crippen molar-refractivity contribution in [2.24, 2.45) is 27.1 Å². The summed E-state index contributed by atoms with van der Waals surface area (Å²) in [5.41, 5.74) is 13.4. The monoisotopic (exact) mass is 1580 g/mol. The lowest BCUT2D eigenvalue weighted by atomic mass is 9.84. The van der Waals surface area contributed by atoms with E-state index in [-0.39, 0.29) is 121 Å². The number of aliphatic hydroxyl groups excluding tert-OH is 3. The molecule has 9 rings (SSSR count). The van der Waals surface area contributed by atoms with E-state index in [9.17, 15) is 53.7 Å². The van der Waals surface area contributed by atoms with Gasteiger partial charge < -0.3 is 61.9 Å². The molecule has 0 unspecified atom stereocenters. The Morgan fingerprint density at radius 2 is 0.775 bits per heavy atom. The second kappa shape index (κ2) is 36.5. The minimum Gasteiger partial charge on any atom is -0.391 e. The number of aliphatic hydroxyl groups is 3. The molecule has 3 fully saturated rings. The van der Waals surface area contributed by atoms with Gasteiger partial charge in [-0.3, -0.25) is 38.4 Å². The molecule has 6 heterocycles. The normalized spacial score (nSPS) is 19.9. The lowest BCUT2D eigenvalue weighted by Gasteiger charge is -2.39. The zero-order valence-electron chi connectivity index (χ0n) is 70.0. The van der Waals surface area contributed by atoms with Crippen LogP contribution in [-0.2, 0) is 44.8 Å². The number of rotatable bonds is 19. The van der Waals surface area contributed by atoms with Crippen molar-refractivity contribution in [1.29, 1.82) is 0 Å². The Kier molecular flexibility index (Phi) is 29.7. The zero-order valence-corrected chi connectivity index (χ0v) is 72.4. The van der Waals surface area contributed by atoms with Crippen LogP contribution in [0.2, 0.25) is 0 Å². The fraction of sp³-hybridized carbons (Fsp3) is 0.588. The number of β-amino-alcohol motifs (C(OH)–C–C–N with tert-alkyl or cyclic N) is 3. The Balaban J connectivity index is 0.000000232. The number of hydrogen-bond donors (Lipinski definition) is 9. The molecule has 3 aliphatic heterocycles. The second-order valence-corrected chi connectivity index (χ2v) is 39.4. The summed E-state index contributed by atoms with van der Waals surface area (Å²) in [5.74, 6) is -2.32. The molecule has 0 radical (unpaired) electrons. The molecule has 8 amide bonds. The number of carbonyl (C=O) groups is 8. The van der Waals surface area contributed by atoms with Crippen LogP contribution in [0.5, 0.6) is 0 Å². The third-order valence-electron chi connectivity index (χ3n) is 20.1. The summed E-state index contributed by atoms with van der Waals surface area (Å²) in [5, 5.41) is 49.4. The maximum Gasteiger partial charge on any atom is 0.246 e. The van der Waals surface area contributed by atoms with Gasteiger partial charge in [-0.15, -0.1) is 34.0 Å². The topological polar surface area (TPSA) is 318 Å². The molecule has 26 heteroatoms. The maximum atomic E-state index is 13.7. The quantitative estimate of drug-likeness (QED) is 0.0364. The van der Waals surface area contributed by atoms with Gasteiger partial charge in [-0.05, 0) is 135 Å². The highest BCUT2D eigenvalue weighted by Crippen LogP contribution is 2.37. The Labute approximate surface area is 670 Å². The molecule has 23 nitrogen and oxygen atoms in total. The molecule has 0 spiro atoms. The Morgan fingerprint density at radius 3 is 1.08 bits per heavy atom. The summed E-state index contributed by atoms with van der Waals surface area (Å²) in [4.78, 5) is 126. The zero-order chi connectivity index (χ0) is 83.1. The van der Waals surface area contributed by atoms with E-state index in [1.54, 1.807) is 59.7 Å². The van der Waals surface area contributed by atoms with Crippen LogP contribution in [0.1, 0.15) is 229 Å². The number of thiazole rings is 3. The van der Waals surface area contributed by atoms with Crippen molar-refractivity contribution >= 4 is 81.3 Å². The highest BCUT2D eigenvalue weighted by Gasteiger charge is 2.49. The van der Waals surface area contributed by atoms with Crippen LogP contribution < -0.4 is 31.9 Å². The van der Waals surface area contributed by atoms with E-state index < -0.39 is 70.8 Å². The summed E-state index contributed by atoms with van der Waals surface area (Å²) >= 11 is 4.81. The number of amides is 8. The van der Waals surface area contributed by atoms with Crippen LogP contribution in [0.4, 0.5) is 0 Å². The number of hydrogen-bond acceptors (Lipinski definition) is 18. The van der Waals surface area contributed by atoms with Crippen LogP contribution in [0.15, 0.2) is 83.3 Å². The Bertz CT molecular complexity index is 4220. The first-order chi connectivity index (χ1) is 51.2. The molecule has 12 atom stereocenters. The third kappa shape index (κ3) is 24.3. The van der Waals surface area contributed by atoms with E-state index in [0.717, 1.165) is 77.1 Å². The molecule has 9 N–H and O–H groups in total. The molecule has 3 aromatic carbocycles. The van der Waals surface area contributed by atoms with Crippen LogP contribution in [0, 0.1) is 47.8 Å². The maximum absolute atomic E-state index is 13.7. The van der Waals surface area contributed by atoms with Gasteiger partial charge in [0.25, 0.3) is 0 Å². The number of carbonyl (C=O) groups excluding carboxylic acids is 8. The van der Waals surface area contributed by atoms with E-state index in [4.69, 9.17) is 0 Å². The molecule has 111 heavy (non-hydrogen) atoms. The average Bonchev–Trinajstić information content (AvgIpc) is 1.71. The van der Waals surface area contributed by atoms with Crippen LogP contribution in [0.3, 0.4) is 0 Å². The number of aryl methyl sites for hydroxylation is 3. The van der Waals surface area contributed by atoms with Gasteiger partial charge in [0.1, 0.15) is 30.2 Å². The number of nitrogens with zero attached hydrogens (tertiary/aromatic N) is 6. The second-order valence-electron chi connectivity index (χ2n) is 36.8. The standard InChI is InChI=1S/C30H44N4O4S.C28H40N4O4S.C27H40N4O3S/c1-17(23-11-10-20(25-18(2)31-16-39-25)12-21(23)14-29(4,5)6)32-27(37)24-13-22(36)15-34(24)28(38)26(30(7,8)9)33-19(3)35;1-16(18-9-11-19(12-10-18)22-17(2)29-15-37-22)30-24(34)21-13-20(33)14-32(21)25(35)23(27(3,4)5)31-26(36)28(6,7)8;1-16(18-9-11-19(12-10-18)22-17(2)28-15-35-22)29-24(33)21-13-20(32)14-31(21)25(34)23(26(3,4)5)30-27(6,7)8/h10-12,16-17,22,24,26,36H,13-15H2,1-9H3,(H,32,37)(H,33,35);9-12,15-16,20-21,23,33H,13-14H2,1-8H3,(H,30,34)(H,31,36);9-12,15-16,20-21,23,30,32H,13-14H2,1-8H3,(H,29,33)/t17-,22+,24-,26+;2*16-,20+,21-,23+/m000/s1. The van der Waals surface area contributed by atoms with Gasteiger partial charge in [-0.25, -0.2) is 15.0 Å². The van der Waals surface area contributed by atoms with Gasteiger partial charge in [-0.1, -0.05) is 165 Å². The average molecular weight is 1590 g/mol. The summed E-state index contributed by atoms with van der Waals surface area (Å²) < 4.78 is 0. The van der Waals surface area contributed by atoms with Crippen molar-refractivity contribution in [3.05, 3.63) is 123 Å². The summed E-state index contributed by atoms with van der Waals surface area (Å²) in [6, 6.07) is 17.1. The van der Waals surface area contributed by atoms with Crippen molar-refractivity contribution in [2.45, 2.75) is 277 Å². The predicted octanol–water partition coefficient (Wildman–Crippen LogP) is 12.3. The SMILES string of the molecule is CC(=O)N[C@H](C(=O)N1C[C@H](O)C[C@H]1C(=O)N[C@@H](C)c1ccc(-c2scnc2C)cc1CC(C)(C)C)C(C)(C)C.Cc1ncsc1-c1ccc([C@H](C)NC(=O)[C@@H]2C[C@@H](O)CN2C(=O)[C@@H](NC(=O)C(C)(C)C)C(C)(C)C)cc1.Cc1ncsc1-c1ccc([C@H](C)NC(=O)[C@@H]2C[C@@H](O)CN2C(=O)[C@@H](NC(C)(C)C)C(C)(C)C)cc1. The van der Waals surface area contributed by atoms with E-state index in [1.807, 2.05) is 190 Å². The van der Waals surface area contributed by atoms with Crippen molar-refractivity contribution in [2.75, 3.05) is 19.6 Å². The number of benzene rings is 3. The largest absolute Gasteiger partial charge is 0.391 e. The molecule has 6 aromatic rings. The number of likely N-dealkylation sites (tertiary alicyclic amines) is 3. The number of aromatic nitrogens is 3. The Morgan fingerprint density at radius 1 is 0.450 bits per heavy atom. The first-order valence-corrected chi connectivity index (χ1v) is 41.1. The molecule has 0 saturated carbocycles. The van der Waals surface area contributed by atoms with E-state index >= 15 is 0 Å². The lowest BCUT2D eigenvalue weighted by molar-refractivity contribution is -0.145. The van der Waals surface area contributed by atoms with Crippen molar-refractivity contribution in [1.82, 2.24) is 61.6 Å². The highest BCUT2D eigenvalue weighted by atomic mass is 32.1.